The lowest BCUT2D eigenvalue weighted by Gasteiger charge is -2.20. The predicted octanol–water partition coefficient (Wildman–Crippen LogP) is 16.8. The van der Waals surface area contributed by atoms with Crippen LogP contribution in [0.1, 0.15) is 104 Å². The first-order valence-corrected chi connectivity index (χ1v) is 27.9. The van der Waals surface area contributed by atoms with Gasteiger partial charge in [0.15, 0.2) is 3.92 Å². The van der Waals surface area contributed by atoms with Crippen LogP contribution in [-0.2, 0) is 33.1 Å². The van der Waals surface area contributed by atoms with Crippen molar-refractivity contribution in [3.8, 4) is 22.5 Å². The van der Waals surface area contributed by atoms with E-state index in [0.717, 1.165) is 94.8 Å². The molecule has 12 rings (SSSR count). The number of ketones is 1. The van der Waals surface area contributed by atoms with Crippen LogP contribution in [0.3, 0.4) is 0 Å². The Kier molecular flexibility index (Phi) is 15.4. The molecule has 3 atom stereocenters. The number of rotatable bonds is 11. The highest BCUT2D eigenvalue weighted by atomic mass is 79.9. The molecule has 19 heteroatoms. The molecule has 3 unspecified atom stereocenters. The van der Waals surface area contributed by atoms with Crippen molar-refractivity contribution in [1.82, 2.24) is 20.3 Å². The van der Waals surface area contributed by atoms with Crippen LogP contribution in [0, 0.1) is 0 Å². The van der Waals surface area contributed by atoms with Crippen molar-refractivity contribution < 1.29 is 28.4 Å². The van der Waals surface area contributed by atoms with Gasteiger partial charge in [-0.2, -0.15) is 0 Å². The molecule has 10 nitrogen and oxygen atoms in total. The number of halogens is 7. The molecule has 4 heterocycles. The number of hydrogen-bond acceptors (Lipinski definition) is 12. The largest absolute Gasteiger partial charge is 0.383 e. The lowest BCUT2D eigenvalue weighted by atomic mass is 10.0. The lowest BCUT2D eigenvalue weighted by Crippen LogP contribution is -2.23. The Bertz CT molecular complexity index is 3150. The minimum Gasteiger partial charge on any atom is -0.383 e. The van der Waals surface area contributed by atoms with E-state index in [-0.39, 0.29) is 18.0 Å². The summed E-state index contributed by atoms with van der Waals surface area (Å²) in [5.41, 5.74) is 5.42. The summed E-state index contributed by atoms with van der Waals surface area (Å²) in [7, 11) is 0. The first-order valence-electron chi connectivity index (χ1n) is 22.4. The van der Waals surface area contributed by atoms with Crippen LogP contribution in [0.25, 0.3) is 42.9 Å². The molecular formula is C50H41Br3Cl4N4O6S2. The van der Waals surface area contributed by atoms with Gasteiger partial charge in [-0.25, -0.2) is 9.97 Å². The third kappa shape index (κ3) is 11.4. The first kappa shape index (κ1) is 49.8. The zero-order valence-electron chi connectivity index (χ0n) is 36.5. The van der Waals surface area contributed by atoms with Crippen molar-refractivity contribution in [2.24, 2.45) is 0 Å². The quantitative estimate of drug-likeness (QED) is 0.133. The molecule has 4 aliphatic rings. The molecule has 4 aliphatic carbocycles. The average Bonchev–Trinajstić information content (AvgIpc) is 3.96. The zero-order valence-corrected chi connectivity index (χ0v) is 45.9. The summed E-state index contributed by atoms with van der Waals surface area (Å²) in [6.45, 7) is 0.698. The number of ether oxygens (including phenoxy) is 2. The molecule has 4 aromatic heterocycles. The third-order valence-corrected chi connectivity index (χ3v) is 17.5. The van der Waals surface area contributed by atoms with Crippen molar-refractivity contribution in [1.29, 1.82) is 0 Å². The number of aromatic nitrogens is 4. The van der Waals surface area contributed by atoms with Crippen molar-refractivity contribution in [2.45, 2.75) is 107 Å². The molecule has 4 saturated carbocycles. The summed E-state index contributed by atoms with van der Waals surface area (Å²) in [5, 5.41) is 22.9. The summed E-state index contributed by atoms with van der Waals surface area (Å²) in [4.78, 5) is 20.4. The van der Waals surface area contributed by atoms with Crippen LogP contribution in [0.4, 0.5) is 0 Å². The molecule has 0 spiro atoms. The van der Waals surface area contributed by atoms with Crippen LogP contribution in [0.5, 0.6) is 0 Å². The molecule has 358 valence electrons. The number of carbonyl (C=O) groups excluding carboxylic acids is 1. The van der Waals surface area contributed by atoms with Gasteiger partial charge in [0.2, 0.25) is 0 Å². The van der Waals surface area contributed by atoms with Crippen molar-refractivity contribution in [3.63, 3.8) is 0 Å². The third-order valence-electron chi connectivity index (χ3n) is 12.6. The Balaban J connectivity index is 0.000000136. The van der Waals surface area contributed by atoms with E-state index in [1.54, 1.807) is 53.0 Å². The zero-order chi connectivity index (χ0) is 48.0. The highest BCUT2D eigenvalue weighted by Gasteiger charge is 2.43. The summed E-state index contributed by atoms with van der Waals surface area (Å²) in [6, 6.07) is 22.8. The van der Waals surface area contributed by atoms with Gasteiger partial charge in [-0.1, -0.05) is 101 Å². The summed E-state index contributed by atoms with van der Waals surface area (Å²) >= 11 is 39.0. The Morgan fingerprint density at radius 1 is 0.667 bits per heavy atom. The fourth-order valence-electron chi connectivity index (χ4n) is 8.71. The monoisotopic (exact) mass is 1230 g/mol. The molecule has 69 heavy (non-hydrogen) atoms. The minimum absolute atomic E-state index is 0.0194. The van der Waals surface area contributed by atoms with Gasteiger partial charge in [-0.05, 0) is 122 Å². The number of carbonyl (C=O) groups is 1. The number of nitrogens with zero attached hydrogens (tertiary/aromatic N) is 4. The Hall–Kier alpha value is -2.77. The number of Topliss-reactive ketones (excluding diaryl/α,β-unsaturated/α-hetero) is 1. The predicted molar refractivity (Wildman–Crippen MR) is 284 cm³/mol. The van der Waals surface area contributed by atoms with Crippen LogP contribution < -0.4 is 0 Å². The summed E-state index contributed by atoms with van der Waals surface area (Å²) in [5.74, 6) is 2.75. The van der Waals surface area contributed by atoms with Gasteiger partial charge in [0.1, 0.15) is 39.3 Å². The van der Waals surface area contributed by atoms with E-state index in [1.807, 2.05) is 36.4 Å². The van der Waals surface area contributed by atoms with E-state index in [2.05, 4.69) is 69.2 Å². The Morgan fingerprint density at radius 2 is 1.17 bits per heavy atom. The maximum atomic E-state index is 11.4. The second-order valence-electron chi connectivity index (χ2n) is 17.6. The highest BCUT2D eigenvalue weighted by molar-refractivity contribution is 9.11. The molecule has 0 radical (unpaired) electrons. The normalized spacial score (nSPS) is 20.1. The lowest BCUT2D eigenvalue weighted by molar-refractivity contribution is -0.118. The van der Waals surface area contributed by atoms with E-state index in [0.29, 0.717) is 93.3 Å². The SMILES string of the molecule is Brc1ccc2nc(Br)sc2c1.O=C1CCC(OCc2c(-c3c(Cl)cccc3Cl)noc2C2CC2)C1.OC1(c2nc3ccc(Br)cc3s2)CCC(OCc2c(-c3c(Cl)cccc3Cl)noc2C2CC2)C1. The van der Waals surface area contributed by atoms with Gasteiger partial charge in [0.05, 0.1) is 65.9 Å². The van der Waals surface area contributed by atoms with Gasteiger partial charge in [-0.15, -0.1) is 22.7 Å². The fourth-order valence-corrected chi connectivity index (χ4v) is 13.5. The topological polar surface area (TPSA) is 134 Å². The van der Waals surface area contributed by atoms with Gasteiger partial charge in [0, 0.05) is 62.3 Å². The minimum atomic E-state index is -0.982. The first-order chi connectivity index (χ1) is 33.3. The molecule has 0 aliphatic heterocycles. The van der Waals surface area contributed by atoms with E-state index < -0.39 is 5.60 Å². The molecule has 8 aromatic rings. The molecule has 0 bridgehead atoms. The highest BCUT2D eigenvalue weighted by Crippen LogP contribution is 2.49. The van der Waals surface area contributed by atoms with E-state index in [4.69, 9.17) is 69.9 Å². The van der Waals surface area contributed by atoms with Gasteiger partial charge < -0.3 is 23.6 Å². The number of benzene rings is 4. The number of hydrogen-bond donors (Lipinski definition) is 1. The van der Waals surface area contributed by atoms with E-state index >= 15 is 0 Å². The second-order valence-corrected chi connectivity index (χ2v) is 24.4. The molecule has 4 fully saturated rings. The standard InChI is InChI=1S/C25H21BrCl2N2O3S.C18H17Cl2NO3.C7H3Br2NS/c26-14-6-7-19-20(10-14)34-24(29-19)25(31)9-8-15(11-25)32-12-16-22(30-33-23(16)13-4-5-13)21-17(27)2-1-3-18(21)28;19-14-2-1-3-15(20)16(14)17-13(18(24-21-17)10-4-5-10)9-23-12-7-6-11(22)8-12;8-4-1-2-5-6(3-4)11-7(9)10-5/h1-3,6-7,10,13,15,31H,4-5,8-9,11-12H2;1-3,10,12H,4-9H2;1-3H. The molecule has 1 N–H and O–H groups in total. The van der Waals surface area contributed by atoms with Crippen molar-refractivity contribution in [2.75, 3.05) is 0 Å². The number of fused-ring (bicyclic) bond motifs is 2. The van der Waals surface area contributed by atoms with Gasteiger partial charge in [0.25, 0.3) is 0 Å². The van der Waals surface area contributed by atoms with Crippen LogP contribution >= 0.6 is 117 Å². The second kappa shape index (κ2) is 21.4. The smallest absolute Gasteiger partial charge is 0.160 e. The van der Waals surface area contributed by atoms with Gasteiger partial charge >= 0.3 is 0 Å². The van der Waals surface area contributed by atoms with Crippen LogP contribution in [0.2, 0.25) is 20.1 Å². The molecule has 0 saturated heterocycles. The fraction of sp³-hybridized carbons (Fsp3) is 0.340. The summed E-state index contributed by atoms with van der Waals surface area (Å²) < 4.78 is 29.0. The number of aliphatic hydroxyl groups is 1. The van der Waals surface area contributed by atoms with Crippen LogP contribution in [-0.4, -0.2) is 43.4 Å². The number of thiazole rings is 2. The molecule has 0 amide bonds. The Morgan fingerprint density at radius 3 is 1.68 bits per heavy atom. The average molecular weight is 1240 g/mol. The Labute approximate surface area is 450 Å². The molecule has 4 aromatic carbocycles. The van der Waals surface area contributed by atoms with Crippen molar-refractivity contribution >= 4 is 143 Å². The van der Waals surface area contributed by atoms with E-state index in [9.17, 15) is 9.90 Å². The van der Waals surface area contributed by atoms with Crippen molar-refractivity contribution in [3.05, 3.63) is 133 Å². The maximum Gasteiger partial charge on any atom is 0.160 e. The van der Waals surface area contributed by atoms with Crippen LogP contribution in [0.15, 0.2) is 94.7 Å². The maximum absolute atomic E-state index is 11.4. The van der Waals surface area contributed by atoms with Gasteiger partial charge in [-0.3, -0.25) is 4.79 Å². The van der Waals surface area contributed by atoms with E-state index in [1.165, 1.54) is 4.70 Å². The molecular weight excluding hydrogens is 1200 g/mol. The summed E-state index contributed by atoms with van der Waals surface area (Å²) in [6.07, 6.45) is 7.98.